The van der Waals surface area contributed by atoms with Crippen molar-refractivity contribution in [3.05, 3.63) is 11.8 Å². The second-order valence-electron chi connectivity index (χ2n) is 11.9. The zero-order valence-corrected chi connectivity index (χ0v) is 27.5. The minimum absolute atomic E-state index is 0. The summed E-state index contributed by atoms with van der Waals surface area (Å²) in [5, 5.41) is 24.4. The fourth-order valence-electron chi connectivity index (χ4n) is 2.79. The van der Waals surface area contributed by atoms with E-state index in [0.717, 1.165) is 51.7 Å². The van der Waals surface area contributed by atoms with Crippen molar-refractivity contribution in [1.29, 1.82) is 0 Å². The van der Waals surface area contributed by atoms with Crippen LogP contribution >= 0.6 is 0 Å². The quantitative estimate of drug-likeness (QED) is 0.214. The Kier molecular flexibility index (Phi) is 20.6. The molecule has 0 aromatic carbocycles. The first kappa shape index (κ1) is 38.1. The number of ketones is 1. The van der Waals surface area contributed by atoms with Gasteiger partial charge < -0.3 is 24.9 Å². The molecule has 0 aromatic heterocycles. The molecular weight excluding hydrogens is 490 g/mol. The first-order valence-corrected chi connectivity index (χ1v) is 11.9. The Bertz CT molecular complexity index is 534. The molecule has 0 radical (unpaired) electrons. The van der Waals surface area contributed by atoms with Crippen molar-refractivity contribution in [2.75, 3.05) is 61.9 Å². The number of carbonyl (C=O) groups excluding carboxylic acids is 1. The molecule has 0 aliphatic rings. The molecule has 0 heterocycles. The second kappa shape index (κ2) is 17.9. The number of carbonyl (C=O) groups is 1. The van der Waals surface area contributed by atoms with Crippen LogP contribution in [0, 0.1) is 10.8 Å². The zero-order valence-electron chi connectivity index (χ0n) is 24.0. The number of nitrogens with zero attached hydrogens (tertiary/aromatic N) is 3. The molecule has 0 fully saturated rings. The fourth-order valence-corrected chi connectivity index (χ4v) is 2.79. The summed E-state index contributed by atoms with van der Waals surface area (Å²) in [7, 11) is 12.4. The maximum atomic E-state index is 12.9. The molecular formula is C26H53N3O3Sr. The van der Waals surface area contributed by atoms with Gasteiger partial charge in [0.2, 0.25) is 0 Å². The summed E-state index contributed by atoms with van der Waals surface area (Å²) in [5.74, 6) is -0.208. The molecule has 0 atom stereocenters. The molecule has 0 aliphatic carbocycles. The number of allylic oxidation sites excluding steroid dienone is 2. The molecule has 6 nitrogen and oxygen atoms in total. The Morgan fingerprint density at radius 2 is 1.06 bits per heavy atom. The molecule has 0 bridgehead atoms. The van der Waals surface area contributed by atoms with Gasteiger partial charge in [0.1, 0.15) is 0 Å². The molecule has 192 valence electrons. The summed E-state index contributed by atoms with van der Waals surface area (Å²) in [4.78, 5) is 17.9. The topological polar surface area (TPSA) is 72.9 Å². The molecule has 0 saturated heterocycles. The van der Waals surface area contributed by atoms with Crippen molar-refractivity contribution in [3.8, 4) is 0 Å². The van der Waals surface area contributed by atoms with Gasteiger partial charge >= 0.3 is 45.5 Å². The average molecular weight is 543 g/mol. The minimum Gasteiger partial charge on any atom is -0.875 e. The van der Waals surface area contributed by atoms with E-state index in [1.54, 1.807) is 0 Å². The van der Waals surface area contributed by atoms with Crippen LogP contribution in [0.5, 0.6) is 0 Å². The molecule has 0 unspecified atom stereocenters. The largest absolute Gasteiger partial charge is 2.00 e. The normalized spacial score (nSPS) is 13.2. The minimum atomic E-state index is -0.740. The van der Waals surface area contributed by atoms with Gasteiger partial charge in [-0.3, -0.25) is 4.79 Å². The molecule has 0 aromatic rings. The van der Waals surface area contributed by atoms with E-state index in [1.807, 2.05) is 55.6 Å². The van der Waals surface area contributed by atoms with Crippen molar-refractivity contribution in [2.24, 2.45) is 10.8 Å². The Balaban J connectivity index is -0.000000566. The van der Waals surface area contributed by atoms with Crippen molar-refractivity contribution in [3.63, 3.8) is 0 Å². The molecule has 0 N–H and O–H groups in total. The second-order valence-corrected chi connectivity index (χ2v) is 11.9. The van der Waals surface area contributed by atoms with E-state index < -0.39 is 16.4 Å². The average Bonchev–Trinajstić information content (AvgIpc) is 2.58. The van der Waals surface area contributed by atoms with Gasteiger partial charge in [0.05, 0.1) is 0 Å². The molecule has 0 rings (SSSR count). The summed E-state index contributed by atoms with van der Waals surface area (Å²) in [6.07, 6.45) is 5.59. The van der Waals surface area contributed by atoms with Gasteiger partial charge in [-0.25, -0.2) is 0 Å². The Hall–Kier alpha value is 0.531. The van der Waals surface area contributed by atoms with Crippen LogP contribution in [0.15, 0.2) is 11.8 Å². The van der Waals surface area contributed by atoms with Crippen molar-refractivity contribution < 1.29 is 15.0 Å². The van der Waals surface area contributed by atoms with E-state index in [0.29, 0.717) is 0 Å². The van der Waals surface area contributed by atoms with E-state index in [9.17, 15) is 15.0 Å². The van der Waals surface area contributed by atoms with Crippen LogP contribution in [0.4, 0.5) is 0 Å². The third kappa shape index (κ3) is 22.7. The Morgan fingerprint density at radius 3 is 1.33 bits per heavy atom. The SMILES string of the molecule is CC(C)(C)C(=O)/C=C(\[O-])C(C)(C)C.CN(C)CCCC([O-])(CCCN(C)C)CCN(C)C.[Sr+2]. The summed E-state index contributed by atoms with van der Waals surface area (Å²) >= 11 is 0. The van der Waals surface area contributed by atoms with Gasteiger partial charge in [-0.1, -0.05) is 60.8 Å². The van der Waals surface area contributed by atoms with E-state index in [2.05, 4.69) is 42.9 Å². The van der Waals surface area contributed by atoms with Gasteiger partial charge in [-0.15, -0.1) is 11.4 Å². The van der Waals surface area contributed by atoms with E-state index in [-0.39, 0.29) is 57.0 Å². The van der Waals surface area contributed by atoms with Crippen LogP contribution in [-0.2, 0) is 4.79 Å². The predicted octanol–water partition coefficient (Wildman–Crippen LogP) is 2.23. The maximum absolute atomic E-state index is 12.9. The number of rotatable bonds is 12. The van der Waals surface area contributed by atoms with E-state index in [1.165, 1.54) is 6.08 Å². The van der Waals surface area contributed by atoms with Gasteiger partial charge in [-0.05, 0) is 86.3 Å². The molecule has 7 heteroatoms. The van der Waals surface area contributed by atoms with Crippen LogP contribution in [0.2, 0.25) is 0 Å². The maximum Gasteiger partial charge on any atom is 2.00 e. The Morgan fingerprint density at radius 1 is 0.697 bits per heavy atom. The summed E-state index contributed by atoms with van der Waals surface area (Å²) in [5.41, 5.74) is -1.65. The summed E-state index contributed by atoms with van der Waals surface area (Å²) in [6, 6.07) is 0. The molecule has 0 aliphatic heterocycles. The van der Waals surface area contributed by atoms with Gasteiger partial charge in [0, 0.05) is 5.41 Å². The summed E-state index contributed by atoms with van der Waals surface area (Å²) in [6.45, 7) is 13.8. The van der Waals surface area contributed by atoms with Gasteiger partial charge in [0.15, 0.2) is 5.78 Å². The Labute approximate surface area is 243 Å². The van der Waals surface area contributed by atoms with Gasteiger partial charge in [-0.2, -0.15) is 0 Å². The monoisotopic (exact) mass is 543 g/mol. The predicted molar refractivity (Wildman–Crippen MR) is 139 cm³/mol. The van der Waals surface area contributed by atoms with Crippen molar-refractivity contribution >= 4 is 51.3 Å². The van der Waals surface area contributed by atoms with E-state index >= 15 is 0 Å². The third-order valence-corrected chi connectivity index (χ3v) is 5.23. The third-order valence-electron chi connectivity index (χ3n) is 5.23. The standard InChI is InChI=1S/C15H34N3O.C11H20O2.Sr/c1-16(2)12-7-9-15(19,11-14-18(5)6)10-8-13-17(3)4;1-10(2,3)8(12)7-9(13)11(4,5)6;/h7-14H2,1-6H3;7,12H,1-6H3;/q-1;;+2/p-1/b;8-7-;. The first-order valence-electron chi connectivity index (χ1n) is 11.9. The first-order chi connectivity index (χ1) is 14.3. The van der Waals surface area contributed by atoms with Crippen LogP contribution in [-0.4, -0.2) is 133 Å². The molecule has 0 amide bonds. The summed E-state index contributed by atoms with van der Waals surface area (Å²) < 4.78 is 0. The van der Waals surface area contributed by atoms with Crippen LogP contribution in [0.25, 0.3) is 0 Å². The zero-order chi connectivity index (χ0) is 25.8. The van der Waals surface area contributed by atoms with Crippen LogP contribution in [0.3, 0.4) is 0 Å². The number of hydrogen-bond acceptors (Lipinski definition) is 6. The van der Waals surface area contributed by atoms with Gasteiger partial charge in [0.25, 0.3) is 0 Å². The number of hydrogen-bond donors (Lipinski definition) is 0. The fraction of sp³-hybridized carbons (Fsp3) is 0.885. The van der Waals surface area contributed by atoms with Crippen molar-refractivity contribution in [2.45, 2.75) is 79.2 Å². The molecule has 0 spiro atoms. The van der Waals surface area contributed by atoms with Crippen LogP contribution < -0.4 is 10.2 Å². The van der Waals surface area contributed by atoms with E-state index in [4.69, 9.17) is 0 Å². The smallest absolute Gasteiger partial charge is 0.875 e. The van der Waals surface area contributed by atoms with Crippen molar-refractivity contribution in [1.82, 2.24) is 14.7 Å². The molecule has 0 saturated carbocycles. The molecule has 33 heavy (non-hydrogen) atoms. The van der Waals surface area contributed by atoms with Crippen LogP contribution in [0.1, 0.15) is 73.6 Å².